The smallest absolute Gasteiger partial charge is 0.337 e. The highest BCUT2D eigenvalue weighted by atomic mass is 35.5. The van der Waals surface area contributed by atoms with Crippen LogP contribution in [0.15, 0.2) is 12.3 Å². The quantitative estimate of drug-likeness (QED) is 0.922. The maximum Gasteiger partial charge on any atom is 0.337 e. The number of hydrogen-bond acceptors (Lipinski definition) is 4. The largest absolute Gasteiger partial charge is 0.478 e. The van der Waals surface area contributed by atoms with Gasteiger partial charge in [0, 0.05) is 13.3 Å². The molecule has 2 heterocycles. The third-order valence-corrected chi connectivity index (χ3v) is 3.03. The molecule has 2 aromatic rings. The topological polar surface area (TPSA) is 76.7 Å². The zero-order valence-electron chi connectivity index (χ0n) is 10.1. The molecule has 0 atom stereocenters. The van der Waals surface area contributed by atoms with E-state index in [9.17, 15) is 4.79 Å². The number of rotatable bonds is 3. The summed E-state index contributed by atoms with van der Waals surface area (Å²) in [7, 11) is 1.55. The van der Waals surface area contributed by atoms with E-state index in [-0.39, 0.29) is 10.6 Å². The van der Waals surface area contributed by atoms with E-state index in [0.29, 0.717) is 11.5 Å². The average molecular weight is 270 g/mol. The number of methoxy groups -OCH3 is 1. The van der Waals surface area contributed by atoms with Crippen molar-refractivity contribution in [3.05, 3.63) is 28.7 Å². The van der Waals surface area contributed by atoms with E-state index >= 15 is 0 Å². The fourth-order valence-corrected chi connectivity index (χ4v) is 1.82. The Morgan fingerprint density at radius 3 is 2.72 bits per heavy atom. The van der Waals surface area contributed by atoms with Gasteiger partial charge in [0.25, 0.3) is 0 Å². The Kier molecular flexibility index (Phi) is 3.00. The molecule has 1 N–H and O–H groups in total. The number of nitrogens with zero attached hydrogens (tertiary/aromatic N) is 3. The standard InChI is InChI=1S/C11H12ClN3O3/c1-11(2,18-3)10-14-13-8-7(12)4-6(9(16)17)5-15(8)10/h4-5H,1-3H3,(H,16,17). The lowest BCUT2D eigenvalue weighted by Crippen LogP contribution is -2.23. The second kappa shape index (κ2) is 4.22. The molecule has 0 spiro atoms. The summed E-state index contributed by atoms with van der Waals surface area (Å²) in [6.45, 7) is 3.62. The molecule has 2 aromatic heterocycles. The highest BCUT2D eigenvalue weighted by molar-refractivity contribution is 6.33. The first-order valence-electron chi connectivity index (χ1n) is 5.20. The van der Waals surface area contributed by atoms with Crippen molar-refractivity contribution >= 4 is 23.2 Å². The zero-order valence-corrected chi connectivity index (χ0v) is 10.9. The molecule has 0 radical (unpaired) electrons. The minimum atomic E-state index is -1.06. The van der Waals surface area contributed by atoms with Gasteiger partial charge in [-0.05, 0) is 19.9 Å². The number of carboxylic acids is 1. The number of carbonyl (C=O) groups is 1. The molecule has 0 amide bonds. The van der Waals surface area contributed by atoms with Gasteiger partial charge in [-0.3, -0.25) is 4.40 Å². The molecule has 0 fully saturated rings. The molecule has 0 saturated carbocycles. The molecule has 2 rings (SSSR count). The number of aromatic nitrogens is 3. The van der Waals surface area contributed by atoms with Crippen LogP contribution in [0.4, 0.5) is 0 Å². The predicted molar refractivity (Wildman–Crippen MR) is 65.0 cm³/mol. The van der Waals surface area contributed by atoms with Gasteiger partial charge >= 0.3 is 5.97 Å². The molecule has 0 unspecified atom stereocenters. The summed E-state index contributed by atoms with van der Waals surface area (Å²) in [5.41, 5.74) is -0.220. The van der Waals surface area contributed by atoms with Crippen LogP contribution in [0.3, 0.4) is 0 Å². The fourth-order valence-electron chi connectivity index (χ4n) is 1.57. The van der Waals surface area contributed by atoms with Crippen LogP contribution in [0, 0.1) is 0 Å². The molecular formula is C11H12ClN3O3. The summed E-state index contributed by atoms with van der Waals surface area (Å²) >= 11 is 5.99. The maximum absolute atomic E-state index is 11.0. The first-order chi connectivity index (χ1) is 8.36. The van der Waals surface area contributed by atoms with Crippen molar-refractivity contribution in [2.45, 2.75) is 19.4 Å². The summed E-state index contributed by atoms with van der Waals surface area (Å²) in [5, 5.41) is 17.2. The zero-order chi connectivity index (χ0) is 13.5. The lowest BCUT2D eigenvalue weighted by Gasteiger charge is -2.20. The monoisotopic (exact) mass is 269 g/mol. The SMILES string of the molecule is COC(C)(C)c1nnc2c(Cl)cc(C(=O)O)cn12. The van der Waals surface area contributed by atoms with E-state index in [1.807, 2.05) is 13.8 Å². The molecule has 96 valence electrons. The first kappa shape index (κ1) is 12.8. The van der Waals surface area contributed by atoms with Crippen LogP contribution in [0.5, 0.6) is 0 Å². The van der Waals surface area contributed by atoms with Gasteiger partial charge in [-0.1, -0.05) is 11.6 Å². The third-order valence-electron chi connectivity index (χ3n) is 2.76. The van der Waals surface area contributed by atoms with Gasteiger partial charge in [-0.2, -0.15) is 0 Å². The van der Waals surface area contributed by atoms with Crippen LogP contribution < -0.4 is 0 Å². The summed E-state index contributed by atoms with van der Waals surface area (Å²) < 4.78 is 6.85. The van der Waals surface area contributed by atoms with Crippen molar-refractivity contribution in [1.82, 2.24) is 14.6 Å². The third kappa shape index (κ3) is 1.93. The number of aromatic carboxylic acids is 1. The number of carboxylic acid groups (broad SMARTS) is 1. The second-order valence-corrected chi connectivity index (χ2v) is 4.72. The number of hydrogen-bond donors (Lipinski definition) is 1. The lowest BCUT2D eigenvalue weighted by atomic mass is 10.1. The molecule has 0 aliphatic carbocycles. The van der Waals surface area contributed by atoms with Gasteiger partial charge in [0.2, 0.25) is 0 Å². The molecule has 7 heteroatoms. The van der Waals surface area contributed by atoms with Crippen molar-refractivity contribution in [3.8, 4) is 0 Å². The van der Waals surface area contributed by atoms with Crippen LogP contribution in [0.2, 0.25) is 5.02 Å². The van der Waals surface area contributed by atoms with Gasteiger partial charge in [-0.25, -0.2) is 4.79 Å². The summed E-state index contributed by atoms with van der Waals surface area (Å²) in [5.74, 6) is -0.571. The molecule has 0 aliphatic heterocycles. The van der Waals surface area contributed by atoms with E-state index in [4.69, 9.17) is 21.4 Å². The van der Waals surface area contributed by atoms with Gasteiger partial charge in [0.05, 0.1) is 10.6 Å². The maximum atomic E-state index is 11.0. The van der Waals surface area contributed by atoms with Crippen molar-refractivity contribution in [2.75, 3.05) is 7.11 Å². The van der Waals surface area contributed by atoms with Gasteiger partial charge < -0.3 is 9.84 Å². The van der Waals surface area contributed by atoms with Crippen molar-refractivity contribution < 1.29 is 14.6 Å². The number of pyridine rings is 1. The van der Waals surface area contributed by atoms with Crippen LogP contribution in [0.25, 0.3) is 5.65 Å². The number of halogens is 1. The first-order valence-corrected chi connectivity index (χ1v) is 5.58. The molecule has 0 bridgehead atoms. The van der Waals surface area contributed by atoms with Crippen molar-refractivity contribution in [2.24, 2.45) is 0 Å². The summed E-state index contributed by atoms with van der Waals surface area (Å²) in [6.07, 6.45) is 1.43. The van der Waals surface area contributed by atoms with E-state index < -0.39 is 11.6 Å². The van der Waals surface area contributed by atoms with Crippen molar-refractivity contribution in [1.29, 1.82) is 0 Å². The number of ether oxygens (including phenoxy) is 1. The van der Waals surface area contributed by atoms with Crippen molar-refractivity contribution in [3.63, 3.8) is 0 Å². The Bertz CT molecular complexity index is 621. The van der Waals surface area contributed by atoms with Crippen LogP contribution >= 0.6 is 11.6 Å². The fraction of sp³-hybridized carbons (Fsp3) is 0.364. The Hall–Kier alpha value is -1.66. The summed E-state index contributed by atoms with van der Waals surface area (Å²) in [6, 6.07) is 1.34. The van der Waals surface area contributed by atoms with E-state index in [2.05, 4.69) is 10.2 Å². The Labute approximate surface area is 108 Å². The molecule has 0 saturated heterocycles. The second-order valence-electron chi connectivity index (χ2n) is 4.31. The molecule has 18 heavy (non-hydrogen) atoms. The Morgan fingerprint density at radius 2 is 2.17 bits per heavy atom. The highest BCUT2D eigenvalue weighted by Crippen LogP contribution is 2.26. The highest BCUT2D eigenvalue weighted by Gasteiger charge is 2.27. The molecule has 0 aliphatic rings. The molecule has 6 nitrogen and oxygen atoms in total. The predicted octanol–water partition coefficient (Wildman–Crippen LogP) is 1.96. The normalized spacial score (nSPS) is 12.0. The number of fused-ring (bicyclic) bond motifs is 1. The van der Waals surface area contributed by atoms with Gasteiger partial charge in [0.1, 0.15) is 5.60 Å². The summed E-state index contributed by atoms with van der Waals surface area (Å²) in [4.78, 5) is 11.0. The molecular weight excluding hydrogens is 258 g/mol. The van der Waals surface area contributed by atoms with E-state index in [1.165, 1.54) is 16.7 Å². The van der Waals surface area contributed by atoms with Crippen LogP contribution in [-0.2, 0) is 10.3 Å². The average Bonchev–Trinajstić information content (AvgIpc) is 2.73. The van der Waals surface area contributed by atoms with Crippen LogP contribution in [-0.4, -0.2) is 32.8 Å². The van der Waals surface area contributed by atoms with Gasteiger partial charge in [0.15, 0.2) is 11.5 Å². The van der Waals surface area contributed by atoms with Gasteiger partial charge in [-0.15, -0.1) is 10.2 Å². The minimum Gasteiger partial charge on any atom is -0.478 e. The minimum absolute atomic E-state index is 0.0699. The Balaban J connectivity index is 2.75. The van der Waals surface area contributed by atoms with E-state index in [1.54, 1.807) is 7.11 Å². The lowest BCUT2D eigenvalue weighted by molar-refractivity contribution is 0.0106. The van der Waals surface area contributed by atoms with E-state index in [0.717, 1.165) is 0 Å². The molecule has 0 aromatic carbocycles. The Morgan fingerprint density at radius 1 is 1.50 bits per heavy atom. The van der Waals surface area contributed by atoms with Crippen LogP contribution in [0.1, 0.15) is 30.0 Å².